The molecule has 0 saturated heterocycles. The normalized spacial score (nSPS) is 9.31. The van der Waals surface area contributed by atoms with Gasteiger partial charge >= 0.3 is 0 Å². The van der Waals surface area contributed by atoms with Crippen LogP contribution in [-0.4, -0.2) is 17.6 Å². The molecule has 0 unspecified atom stereocenters. The van der Waals surface area contributed by atoms with Gasteiger partial charge in [-0.05, 0) is 19.1 Å². The number of hydrazine groups is 1. The fraction of sp³-hybridized carbons (Fsp3) is 0.125. The van der Waals surface area contributed by atoms with E-state index >= 15 is 0 Å². The van der Waals surface area contributed by atoms with Crippen molar-refractivity contribution in [2.24, 2.45) is 0 Å². The highest BCUT2D eigenvalue weighted by molar-refractivity contribution is 5.97. The van der Waals surface area contributed by atoms with E-state index in [1.54, 1.807) is 0 Å². The molecule has 0 aromatic heterocycles. The second-order valence-corrected chi connectivity index (χ2v) is 2.13. The van der Waals surface area contributed by atoms with E-state index in [4.69, 9.17) is 0 Å². The number of carbonyl (C=O) groups excluding carboxylic acids is 3. The Hall–Kier alpha value is -1.91. The third-order valence-corrected chi connectivity index (χ3v) is 0.964. The van der Waals surface area contributed by atoms with Gasteiger partial charge in [0.15, 0.2) is 5.78 Å². The van der Waals surface area contributed by atoms with E-state index in [0.717, 1.165) is 18.2 Å². The molecule has 0 spiro atoms. The highest BCUT2D eigenvalue weighted by Crippen LogP contribution is 1.74. The molecule has 0 fully saturated rings. The van der Waals surface area contributed by atoms with Gasteiger partial charge in [-0.25, -0.2) is 0 Å². The molecule has 0 bridgehead atoms. The first-order chi connectivity index (χ1) is 6.06. The Morgan fingerprint density at radius 1 is 1.08 bits per heavy atom. The number of ketones is 1. The molecule has 0 heterocycles. The molecule has 5 heteroatoms. The molecular weight excluding hydrogens is 172 g/mol. The van der Waals surface area contributed by atoms with E-state index in [2.05, 4.69) is 6.58 Å². The number of allylic oxidation sites excluding steroid dienone is 1. The third-order valence-electron chi connectivity index (χ3n) is 0.964. The lowest BCUT2D eigenvalue weighted by atomic mass is 10.4. The lowest BCUT2D eigenvalue weighted by molar-refractivity contribution is -0.123. The van der Waals surface area contributed by atoms with Crippen LogP contribution in [0.1, 0.15) is 6.92 Å². The number of nitrogens with one attached hydrogen (secondary N) is 2. The van der Waals surface area contributed by atoms with Crippen LogP contribution in [0.4, 0.5) is 0 Å². The molecule has 0 aliphatic rings. The molecule has 0 aliphatic carbocycles. The summed E-state index contributed by atoms with van der Waals surface area (Å²) in [5.41, 5.74) is 4.08. The number of hydrogen-bond acceptors (Lipinski definition) is 3. The molecule has 0 aliphatic heterocycles. The van der Waals surface area contributed by atoms with Gasteiger partial charge in [-0.2, -0.15) is 0 Å². The Morgan fingerprint density at radius 2 is 1.62 bits per heavy atom. The summed E-state index contributed by atoms with van der Waals surface area (Å²) in [6, 6.07) is 0. The minimum Gasteiger partial charge on any atom is -0.295 e. The molecule has 70 valence electrons. The van der Waals surface area contributed by atoms with Crippen molar-refractivity contribution in [2.45, 2.75) is 6.92 Å². The SMILES string of the molecule is C=CC(=O)NNC(=O)C=CC(C)=O. The zero-order valence-corrected chi connectivity index (χ0v) is 7.16. The first kappa shape index (κ1) is 11.1. The number of amides is 2. The minimum absolute atomic E-state index is 0.245. The quantitative estimate of drug-likeness (QED) is 0.455. The van der Waals surface area contributed by atoms with Crippen LogP contribution in [0.25, 0.3) is 0 Å². The second-order valence-electron chi connectivity index (χ2n) is 2.13. The zero-order chi connectivity index (χ0) is 10.3. The lowest BCUT2D eigenvalue weighted by Gasteiger charge is -1.99. The Labute approximate surface area is 75.5 Å². The molecule has 0 rings (SSSR count). The number of rotatable bonds is 3. The molecule has 0 saturated carbocycles. The topological polar surface area (TPSA) is 75.3 Å². The predicted molar refractivity (Wildman–Crippen MR) is 46.3 cm³/mol. The van der Waals surface area contributed by atoms with E-state index in [9.17, 15) is 14.4 Å². The van der Waals surface area contributed by atoms with Crippen molar-refractivity contribution in [2.75, 3.05) is 0 Å². The van der Waals surface area contributed by atoms with Crippen molar-refractivity contribution in [1.29, 1.82) is 0 Å². The first-order valence-electron chi connectivity index (χ1n) is 3.47. The van der Waals surface area contributed by atoms with Crippen molar-refractivity contribution in [3.63, 3.8) is 0 Å². The fourth-order valence-corrected chi connectivity index (χ4v) is 0.409. The summed E-state index contributed by atoms with van der Waals surface area (Å²) in [7, 11) is 0. The molecular formula is C8H10N2O3. The van der Waals surface area contributed by atoms with Crippen LogP contribution < -0.4 is 10.9 Å². The van der Waals surface area contributed by atoms with Gasteiger partial charge in [0, 0.05) is 6.08 Å². The smallest absolute Gasteiger partial charge is 0.262 e. The van der Waals surface area contributed by atoms with Crippen molar-refractivity contribution in [3.8, 4) is 0 Å². The molecule has 13 heavy (non-hydrogen) atoms. The average Bonchev–Trinajstić information content (AvgIpc) is 2.10. The van der Waals surface area contributed by atoms with Gasteiger partial charge in [-0.3, -0.25) is 25.2 Å². The number of hydrogen-bond donors (Lipinski definition) is 2. The van der Waals surface area contributed by atoms with Crippen LogP contribution in [-0.2, 0) is 14.4 Å². The Morgan fingerprint density at radius 3 is 2.08 bits per heavy atom. The van der Waals surface area contributed by atoms with E-state index in [1.165, 1.54) is 6.92 Å². The van der Waals surface area contributed by atoms with E-state index in [-0.39, 0.29) is 5.78 Å². The highest BCUT2D eigenvalue weighted by atomic mass is 16.2. The third kappa shape index (κ3) is 6.49. The van der Waals surface area contributed by atoms with Crippen molar-refractivity contribution < 1.29 is 14.4 Å². The molecule has 0 aromatic carbocycles. The summed E-state index contributed by atoms with van der Waals surface area (Å²) in [6.45, 7) is 4.49. The molecule has 0 radical (unpaired) electrons. The van der Waals surface area contributed by atoms with Crippen LogP contribution in [0.3, 0.4) is 0 Å². The van der Waals surface area contributed by atoms with Gasteiger partial charge in [-0.1, -0.05) is 6.58 Å². The minimum atomic E-state index is -0.578. The van der Waals surface area contributed by atoms with Gasteiger partial charge in [0.2, 0.25) is 0 Å². The first-order valence-corrected chi connectivity index (χ1v) is 3.47. The molecule has 5 nitrogen and oxygen atoms in total. The van der Waals surface area contributed by atoms with Gasteiger partial charge in [0.05, 0.1) is 0 Å². The summed E-state index contributed by atoms with van der Waals surface area (Å²) in [5, 5.41) is 0. The summed E-state index contributed by atoms with van der Waals surface area (Å²) in [6.07, 6.45) is 3.12. The number of carbonyl (C=O) groups is 3. The van der Waals surface area contributed by atoms with Crippen LogP contribution in [0.5, 0.6) is 0 Å². The fourth-order valence-electron chi connectivity index (χ4n) is 0.409. The van der Waals surface area contributed by atoms with Gasteiger partial charge in [-0.15, -0.1) is 0 Å². The predicted octanol–water partition coefficient (Wildman–Crippen LogP) is -0.535. The molecule has 2 amide bonds. The maximum atomic E-state index is 10.8. The summed E-state index contributed by atoms with van der Waals surface area (Å²) in [5.74, 6) is -1.35. The molecule has 0 aromatic rings. The molecule has 0 atom stereocenters. The highest BCUT2D eigenvalue weighted by Gasteiger charge is 1.96. The summed E-state index contributed by atoms with van der Waals surface area (Å²) < 4.78 is 0. The maximum Gasteiger partial charge on any atom is 0.262 e. The lowest BCUT2D eigenvalue weighted by Crippen LogP contribution is -2.39. The largest absolute Gasteiger partial charge is 0.295 e. The van der Waals surface area contributed by atoms with Gasteiger partial charge in [0.25, 0.3) is 11.8 Å². The van der Waals surface area contributed by atoms with Crippen LogP contribution in [0.2, 0.25) is 0 Å². The Balaban J connectivity index is 3.82. The standard InChI is InChI=1S/C8H10N2O3/c1-3-7(12)9-10-8(13)5-4-6(2)11/h3-5H,1H2,2H3,(H,9,12)(H,10,13). The van der Waals surface area contributed by atoms with E-state index in [0.29, 0.717) is 0 Å². The Bertz CT molecular complexity index is 269. The van der Waals surface area contributed by atoms with E-state index in [1.807, 2.05) is 10.9 Å². The van der Waals surface area contributed by atoms with Crippen molar-refractivity contribution >= 4 is 17.6 Å². The Kier molecular flexibility index (Phi) is 4.87. The maximum absolute atomic E-state index is 10.8. The van der Waals surface area contributed by atoms with Gasteiger partial charge in [0.1, 0.15) is 0 Å². The summed E-state index contributed by atoms with van der Waals surface area (Å²) >= 11 is 0. The second kappa shape index (κ2) is 5.70. The molecule has 2 N–H and O–H groups in total. The van der Waals surface area contributed by atoms with E-state index < -0.39 is 11.8 Å². The van der Waals surface area contributed by atoms with Crippen molar-refractivity contribution in [1.82, 2.24) is 10.9 Å². The van der Waals surface area contributed by atoms with Crippen LogP contribution in [0, 0.1) is 0 Å². The zero-order valence-electron chi connectivity index (χ0n) is 7.16. The van der Waals surface area contributed by atoms with Crippen molar-refractivity contribution in [3.05, 3.63) is 24.8 Å². The van der Waals surface area contributed by atoms with Crippen LogP contribution in [0.15, 0.2) is 24.8 Å². The average molecular weight is 182 g/mol. The monoisotopic (exact) mass is 182 g/mol. The summed E-state index contributed by atoms with van der Waals surface area (Å²) in [4.78, 5) is 31.7. The van der Waals surface area contributed by atoms with Gasteiger partial charge < -0.3 is 0 Å². The van der Waals surface area contributed by atoms with Crippen LogP contribution >= 0.6 is 0 Å².